The Labute approximate surface area is 106 Å². The standard InChI is InChI=1S/C12H18O6/c13-7-1-3-9-17-11(15)5-6-12(16)18-10-4-2-8-14/h1,3,5-6,13-14H,2,4,7-10H2/b3-1+,6-5-. The summed E-state index contributed by atoms with van der Waals surface area (Å²) in [5.41, 5.74) is 0. The zero-order valence-corrected chi connectivity index (χ0v) is 10.1. The Bertz CT molecular complexity index is 295. The zero-order chi connectivity index (χ0) is 13.6. The van der Waals surface area contributed by atoms with Gasteiger partial charge < -0.3 is 19.7 Å². The van der Waals surface area contributed by atoms with E-state index in [-0.39, 0.29) is 26.4 Å². The summed E-state index contributed by atoms with van der Waals surface area (Å²) in [5.74, 6) is -1.29. The number of aliphatic hydroxyl groups excluding tert-OH is 2. The van der Waals surface area contributed by atoms with Crippen molar-refractivity contribution in [2.24, 2.45) is 0 Å². The minimum atomic E-state index is -0.662. The molecule has 0 saturated heterocycles. The van der Waals surface area contributed by atoms with E-state index in [9.17, 15) is 9.59 Å². The Kier molecular flexibility index (Phi) is 10.7. The Morgan fingerprint density at radius 2 is 1.61 bits per heavy atom. The van der Waals surface area contributed by atoms with E-state index in [4.69, 9.17) is 14.9 Å². The van der Waals surface area contributed by atoms with Gasteiger partial charge in [0.25, 0.3) is 0 Å². The molecule has 0 aliphatic rings. The number of hydrogen-bond donors (Lipinski definition) is 2. The minimum absolute atomic E-state index is 0.0370. The van der Waals surface area contributed by atoms with Crippen molar-refractivity contribution in [2.75, 3.05) is 26.4 Å². The van der Waals surface area contributed by atoms with Crippen LogP contribution >= 0.6 is 0 Å². The van der Waals surface area contributed by atoms with E-state index in [0.717, 1.165) is 12.2 Å². The summed E-state index contributed by atoms with van der Waals surface area (Å²) in [6.45, 7) is 0.182. The van der Waals surface area contributed by atoms with Gasteiger partial charge >= 0.3 is 11.9 Å². The molecule has 6 heteroatoms. The average Bonchev–Trinajstić information content (AvgIpc) is 2.37. The van der Waals surface area contributed by atoms with Gasteiger partial charge in [-0.1, -0.05) is 6.08 Å². The lowest BCUT2D eigenvalue weighted by atomic mass is 10.3. The Morgan fingerprint density at radius 1 is 0.944 bits per heavy atom. The first kappa shape index (κ1) is 16.3. The fourth-order valence-electron chi connectivity index (χ4n) is 0.892. The molecular formula is C12H18O6. The summed E-state index contributed by atoms with van der Waals surface area (Å²) in [4.78, 5) is 22.1. The monoisotopic (exact) mass is 258 g/mol. The molecule has 0 fully saturated rings. The van der Waals surface area contributed by atoms with E-state index < -0.39 is 11.9 Å². The molecule has 0 aromatic heterocycles. The smallest absolute Gasteiger partial charge is 0.331 e. The predicted molar refractivity (Wildman–Crippen MR) is 63.6 cm³/mol. The van der Waals surface area contributed by atoms with E-state index in [2.05, 4.69) is 4.74 Å². The number of carbonyl (C=O) groups is 2. The van der Waals surface area contributed by atoms with Gasteiger partial charge in [0.2, 0.25) is 0 Å². The van der Waals surface area contributed by atoms with Crippen LogP contribution in [0.4, 0.5) is 0 Å². The molecule has 0 aliphatic carbocycles. The van der Waals surface area contributed by atoms with Crippen LogP contribution in [0, 0.1) is 0 Å². The van der Waals surface area contributed by atoms with Crippen LogP contribution < -0.4 is 0 Å². The molecule has 2 N–H and O–H groups in total. The number of ether oxygens (including phenoxy) is 2. The van der Waals surface area contributed by atoms with E-state index >= 15 is 0 Å². The maximum absolute atomic E-state index is 11.1. The molecule has 0 saturated carbocycles. The topological polar surface area (TPSA) is 93.1 Å². The summed E-state index contributed by atoms with van der Waals surface area (Å²) >= 11 is 0. The van der Waals surface area contributed by atoms with Gasteiger partial charge in [-0.2, -0.15) is 0 Å². The molecule has 0 heterocycles. The van der Waals surface area contributed by atoms with Crippen LogP contribution in [-0.2, 0) is 19.1 Å². The maximum Gasteiger partial charge on any atom is 0.331 e. The summed E-state index contributed by atoms with van der Waals surface area (Å²) < 4.78 is 9.42. The lowest BCUT2D eigenvalue weighted by molar-refractivity contribution is -0.140. The van der Waals surface area contributed by atoms with Gasteiger partial charge in [0.05, 0.1) is 13.2 Å². The molecule has 0 rings (SSSR count). The van der Waals surface area contributed by atoms with Gasteiger partial charge in [-0.3, -0.25) is 0 Å². The lowest BCUT2D eigenvalue weighted by Gasteiger charge is -2.00. The molecule has 0 aromatic rings. The fourth-order valence-corrected chi connectivity index (χ4v) is 0.892. The van der Waals surface area contributed by atoms with Gasteiger partial charge in [0.15, 0.2) is 0 Å². The van der Waals surface area contributed by atoms with Gasteiger partial charge in [-0.15, -0.1) is 0 Å². The molecule has 0 aliphatic heterocycles. The highest BCUT2D eigenvalue weighted by atomic mass is 16.5. The Morgan fingerprint density at radius 3 is 2.22 bits per heavy atom. The van der Waals surface area contributed by atoms with Crippen molar-refractivity contribution in [1.82, 2.24) is 0 Å². The second-order valence-corrected chi connectivity index (χ2v) is 3.22. The molecule has 18 heavy (non-hydrogen) atoms. The molecular weight excluding hydrogens is 240 g/mol. The third-order valence-corrected chi connectivity index (χ3v) is 1.75. The third-order valence-electron chi connectivity index (χ3n) is 1.75. The number of esters is 2. The highest BCUT2D eigenvalue weighted by Gasteiger charge is 1.99. The molecule has 102 valence electrons. The predicted octanol–water partition coefficient (Wildman–Crippen LogP) is -0.0500. The zero-order valence-electron chi connectivity index (χ0n) is 10.1. The highest BCUT2D eigenvalue weighted by Crippen LogP contribution is 1.91. The lowest BCUT2D eigenvalue weighted by Crippen LogP contribution is -2.05. The molecule has 0 atom stereocenters. The van der Waals surface area contributed by atoms with Gasteiger partial charge in [0, 0.05) is 18.8 Å². The first-order valence-corrected chi connectivity index (χ1v) is 5.59. The van der Waals surface area contributed by atoms with Crippen LogP contribution in [0.5, 0.6) is 0 Å². The number of rotatable bonds is 9. The van der Waals surface area contributed by atoms with Crippen LogP contribution in [0.25, 0.3) is 0 Å². The SMILES string of the molecule is O=C(/C=C\C(=O)OCCCCO)OC/C=C/CO. The number of unbranched alkanes of at least 4 members (excludes halogenated alkanes) is 1. The van der Waals surface area contributed by atoms with Gasteiger partial charge in [-0.05, 0) is 18.9 Å². The number of carbonyl (C=O) groups excluding carboxylic acids is 2. The molecule has 0 aromatic carbocycles. The first-order valence-electron chi connectivity index (χ1n) is 5.59. The second-order valence-electron chi connectivity index (χ2n) is 3.22. The number of aliphatic hydroxyl groups is 2. The largest absolute Gasteiger partial charge is 0.463 e. The van der Waals surface area contributed by atoms with Crippen molar-refractivity contribution in [2.45, 2.75) is 12.8 Å². The van der Waals surface area contributed by atoms with Crippen molar-refractivity contribution >= 4 is 11.9 Å². The highest BCUT2D eigenvalue weighted by molar-refractivity contribution is 5.91. The molecule has 0 unspecified atom stereocenters. The summed E-state index contributed by atoms with van der Waals surface area (Å²) in [7, 11) is 0. The average molecular weight is 258 g/mol. The third kappa shape index (κ3) is 10.8. The van der Waals surface area contributed by atoms with Crippen LogP contribution in [0.3, 0.4) is 0 Å². The van der Waals surface area contributed by atoms with Crippen molar-refractivity contribution in [3.63, 3.8) is 0 Å². The van der Waals surface area contributed by atoms with Crippen LogP contribution in [0.2, 0.25) is 0 Å². The molecule has 6 nitrogen and oxygen atoms in total. The van der Waals surface area contributed by atoms with Crippen LogP contribution in [0.15, 0.2) is 24.3 Å². The van der Waals surface area contributed by atoms with E-state index in [0.29, 0.717) is 12.8 Å². The van der Waals surface area contributed by atoms with Crippen LogP contribution in [-0.4, -0.2) is 48.6 Å². The number of hydrogen-bond acceptors (Lipinski definition) is 6. The van der Waals surface area contributed by atoms with Crippen molar-refractivity contribution in [1.29, 1.82) is 0 Å². The summed E-state index contributed by atoms with van der Waals surface area (Å²) in [5, 5.41) is 16.9. The Hall–Kier alpha value is -1.66. The van der Waals surface area contributed by atoms with E-state index in [1.807, 2.05) is 0 Å². The van der Waals surface area contributed by atoms with E-state index in [1.165, 1.54) is 12.2 Å². The molecule has 0 spiro atoms. The second kappa shape index (κ2) is 11.8. The van der Waals surface area contributed by atoms with Gasteiger partial charge in [-0.25, -0.2) is 9.59 Å². The summed E-state index contributed by atoms with van der Waals surface area (Å²) in [6.07, 6.45) is 6.02. The first-order chi connectivity index (χ1) is 8.70. The molecule has 0 bridgehead atoms. The van der Waals surface area contributed by atoms with Crippen LogP contribution in [0.1, 0.15) is 12.8 Å². The Balaban J connectivity index is 3.68. The van der Waals surface area contributed by atoms with Crippen molar-refractivity contribution in [3.8, 4) is 0 Å². The normalized spacial score (nSPS) is 11.0. The van der Waals surface area contributed by atoms with E-state index in [1.54, 1.807) is 0 Å². The van der Waals surface area contributed by atoms with Crippen molar-refractivity contribution in [3.05, 3.63) is 24.3 Å². The summed E-state index contributed by atoms with van der Waals surface area (Å²) in [6, 6.07) is 0. The molecule has 0 amide bonds. The quantitative estimate of drug-likeness (QED) is 0.261. The fraction of sp³-hybridized carbons (Fsp3) is 0.500. The minimum Gasteiger partial charge on any atom is -0.463 e. The van der Waals surface area contributed by atoms with Gasteiger partial charge in [0.1, 0.15) is 6.61 Å². The molecule has 0 radical (unpaired) electrons. The maximum atomic E-state index is 11.1. The van der Waals surface area contributed by atoms with Crippen molar-refractivity contribution < 1.29 is 29.3 Å².